The summed E-state index contributed by atoms with van der Waals surface area (Å²) in [5.74, 6) is 0.0289. The molecule has 1 unspecified atom stereocenters. The zero-order valence-corrected chi connectivity index (χ0v) is 15.5. The second-order valence-corrected chi connectivity index (χ2v) is 7.60. The first-order valence-corrected chi connectivity index (χ1v) is 9.68. The smallest absolute Gasteiger partial charge is 0.276 e. The molecule has 1 atom stereocenters. The van der Waals surface area contributed by atoms with Gasteiger partial charge in [0.1, 0.15) is 0 Å². The molecule has 0 saturated carbocycles. The molecule has 2 aromatic rings. The highest BCUT2D eigenvalue weighted by atomic mass is 16.2. The van der Waals surface area contributed by atoms with Crippen molar-refractivity contribution in [1.29, 1.82) is 0 Å². The Morgan fingerprint density at radius 3 is 2.85 bits per heavy atom. The summed E-state index contributed by atoms with van der Waals surface area (Å²) in [6, 6.07) is 9.00. The molecule has 3 heterocycles. The van der Waals surface area contributed by atoms with Crippen LogP contribution >= 0.6 is 0 Å². The second-order valence-electron chi connectivity index (χ2n) is 7.60. The Bertz CT molecular complexity index is 765. The van der Waals surface area contributed by atoms with Crippen LogP contribution in [-0.4, -0.2) is 56.9 Å². The molecule has 0 aliphatic carbocycles. The van der Waals surface area contributed by atoms with E-state index in [9.17, 15) is 4.79 Å². The largest absolute Gasteiger partial charge is 0.337 e. The van der Waals surface area contributed by atoms with Crippen LogP contribution < -0.4 is 0 Å². The van der Waals surface area contributed by atoms with Gasteiger partial charge in [0, 0.05) is 26.2 Å². The van der Waals surface area contributed by atoms with Gasteiger partial charge in [-0.05, 0) is 44.7 Å². The molecule has 2 fully saturated rings. The zero-order chi connectivity index (χ0) is 17.9. The monoisotopic (exact) mass is 353 g/mol. The van der Waals surface area contributed by atoms with Crippen LogP contribution in [0, 0.1) is 6.92 Å². The van der Waals surface area contributed by atoms with Gasteiger partial charge in [-0.3, -0.25) is 9.69 Å². The number of likely N-dealkylation sites (tertiary alicyclic amines) is 2. The number of amides is 1. The van der Waals surface area contributed by atoms with E-state index >= 15 is 0 Å². The van der Waals surface area contributed by atoms with E-state index in [0.29, 0.717) is 11.7 Å². The third kappa shape index (κ3) is 3.80. The summed E-state index contributed by atoms with van der Waals surface area (Å²) in [5.41, 5.74) is 3.15. The van der Waals surface area contributed by atoms with E-state index in [0.717, 1.165) is 58.4 Å². The molecule has 0 radical (unpaired) electrons. The molecule has 6 heteroatoms. The van der Waals surface area contributed by atoms with Crippen molar-refractivity contribution in [2.24, 2.45) is 0 Å². The van der Waals surface area contributed by atoms with E-state index in [4.69, 9.17) is 0 Å². The maximum atomic E-state index is 12.5. The normalized spacial score (nSPS) is 21.3. The fourth-order valence-corrected chi connectivity index (χ4v) is 4.09. The fourth-order valence-electron chi connectivity index (χ4n) is 4.09. The van der Waals surface area contributed by atoms with Gasteiger partial charge in [-0.2, -0.15) is 0 Å². The molecule has 2 aliphatic heterocycles. The summed E-state index contributed by atoms with van der Waals surface area (Å²) in [4.78, 5) is 16.8. The minimum absolute atomic E-state index is 0.0289. The summed E-state index contributed by atoms with van der Waals surface area (Å²) in [5, 5.41) is 8.44. The number of piperidine rings is 1. The molecule has 1 aromatic carbocycles. The maximum absolute atomic E-state index is 12.5. The van der Waals surface area contributed by atoms with Crippen LogP contribution in [0.5, 0.6) is 0 Å². The molecule has 6 nitrogen and oxygen atoms in total. The van der Waals surface area contributed by atoms with Gasteiger partial charge in [-0.15, -0.1) is 5.10 Å². The summed E-state index contributed by atoms with van der Waals surface area (Å²) in [6.45, 7) is 6.86. The number of hydrogen-bond acceptors (Lipinski definition) is 4. The Labute approximate surface area is 154 Å². The topological polar surface area (TPSA) is 54.3 Å². The van der Waals surface area contributed by atoms with Crippen LogP contribution in [0.1, 0.15) is 53.3 Å². The van der Waals surface area contributed by atoms with Crippen molar-refractivity contribution in [3.63, 3.8) is 0 Å². The number of rotatable bonds is 4. The molecule has 0 N–H and O–H groups in total. The van der Waals surface area contributed by atoms with Gasteiger partial charge in [0.05, 0.1) is 12.2 Å². The molecular weight excluding hydrogens is 326 g/mol. The van der Waals surface area contributed by atoms with Crippen molar-refractivity contribution in [2.45, 2.75) is 45.2 Å². The van der Waals surface area contributed by atoms with Gasteiger partial charge >= 0.3 is 0 Å². The molecule has 0 spiro atoms. The summed E-state index contributed by atoms with van der Waals surface area (Å²) in [6.07, 6.45) is 6.27. The van der Waals surface area contributed by atoms with E-state index in [-0.39, 0.29) is 5.91 Å². The molecule has 138 valence electrons. The van der Waals surface area contributed by atoms with Crippen molar-refractivity contribution in [2.75, 3.05) is 26.2 Å². The molecule has 2 aliphatic rings. The highest BCUT2D eigenvalue weighted by Gasteiger charge is 2.26. The van der Waals surface area contributed by atoms with Crippen LogP contribution in [0.15, 0.2) is 30.5 Å². The summed E-state index contributed by atoms with van der Waals surface area (Å²) < 4.78 is 1.91. The highest BCUT2D eigenvalue weighted by molar-refractivity contribution is 5.92. The first-order chi connectivity index (χ1) is 12.7. The quantitative estimate of drug-likeness (QED) is 0.848. The number of nitrogens with zero attached hydrogens (tertiary/aromatic N) is 5. The number of carbonyl (C=O) groups is 1. The maximum Gasteiger partial charge on any atom is 0.276 e. The lowest BCUT2D eigenvalue weighted by Crippen LogP contribution is -2.36. The predicted octanol–water partition coefficient (Wildman–Crippen LogP) is 2.66. The standard InChI is InChI=1S/C20H27N5O/c1-16-6-4-7-17(12-16)13-23-9-5-8-18(14-23)25-15-19(21-22-25)20(26)24-10-2-3-11-24/h4,6-7,12,15,18H,2-3,5,8-11,13-14H2,1H3. The Hall–Kier alpha value is -2.21. The predicted molar refractivity (Wildman–Crippen MR) is 99.9 cm³/mol. The van der Waals surface area contributed by atoms with Crippen molar-refractivity contribution in [3.05, 3.63) is 47.3 Å². The third-order valence-corrected chi connectivity index (χ3v) is 5.47. The van der Waals surface area contributed by atoms with E-state index in [1.54, 1.807) is 0 Å². The van der Waals surface area contributed by atoms with Gasteiger partial charge in [-0.1, -0.05) is 35.0 Å². The Morgan fingerprint density at radius 1 is 1.19 bits per heavy atom. The van der Waals surface area contributed by atoms with Crippen molar-refractivity contribution >= 4 is 5.91 Å². The Morgan fingerprint density at radius 2 is 2.04 bits per heavy atom. The molecule has 1 amide bonds. The minimum atomic E-state index is 0.0289. The highest BCUT2D eigenvalue weighted by Crippen LogP contribution is 2.23. The Balaban J connectivity index is 1.40. The average Bonchev–Trinajstić information content (AvgIpc) is 3.34. The van der Waals surface area contributed by atoms with E-state index in [1.807, 2.05) is 15.8 Å². The van der Waals surface area contributed by atoms with Crippen LogP contribution in [0.3, 0.4) is 0 Å². The average molecular weight is 353 g/mol. The molecule has 0 bridgehead atoms. The van der Waals surface area contributed by atoms with Crippen LogP contribution in [0.25, 0.3) is 0 Å². The number of aryl methyl sites for hydroxylation is 1. The second kappa shape index (κ2) is 7.58. The molecule has 4 rings (SSSR count). The number of hydrogen-bond donors (Lipinski definition) is 0. The van der Waals surface area contributed by atoms with E-state index < -0.39 is 0 Å². The number of aromatic nitrogens is 3. The van der Waals surface area contributed by atoms with Crippen molar-refractivity contribution in [3.8, 4) is 0 Å². The SMILES string of the molecule is Cc1cccc(CN2CCCC(n3cc(C(=O)N4CCCC4)nn3)C2)c1. The van der Waals surface area contributed by atoms with E-state index in [2.05, 4.69) is 46.4 Å². The molecular formula is C20H27N5O. The first-order valence-electron chi connectivity index (χ1n) is 9.68. The molecule has 1 aromatic heterocycles. The summed E-state index contributed by atoms with van der Waals surface area (Å²) in [7, 11) is 0. The first kappa shape index (κ1) is 17.2. The van der Waals surface area contributed by atoms with Crippen LogP contribution in [-0.2, 0) is 6.54 Å². The van der Waals surface area contributed by atoms with Gasteiger partial charge < -0.3 is 4.90 Å². The van der Waals surface area contributed by atoms with Crippen LogP contribution in [0.4, 0.5) is 0 Å². The number of carbonyl (C=O) groups excluding carboxylic acids is 1. The van der Waals surface area contributed by atoms with Gasteiger partial charge in [0.15, 0.2) is 5.69 Å². The summed E-state index contributed by atoms with van der Waals surface area (Å²) >= 11 is 0. The lowest BCUT2D eigenvalue weighted by Gasteiger charge is -2.32. The van der Waals surface area contributed by atoms with Crippen molar-refractivity contribution < 1.29 is 4.79 Å². The molecule has 2 saturated heterocycles. The molecule has 26 heavy (non-hydrogen) atoms. The zero-order valence-electron chi connectivity index (χ0n) is 15.5. The number of benzene rings is 1. The van der Waals surface area contributed by atoms with Crippen LogP contribution in [0.2, 0.25) is 0 Å². The van der Waals surface area contributed by atoms with E-state index in [1.165, 1.54) is 11.1 Å². The van der Waals surface area contributed by atoms with Gasteiger partial charge in [0.2, 0.25) is 0 Å². The third-order valence-electron chi connectivity index (χ3n) is 5.47. The minimum Gasteiger partial charge on any atom is -0.337 e. The van der Waals surface area contributed by atoms with Crippen molar-refractivity contribution in [1.82, 2.24) is 24.8 Å². The van der Waals surface area contributed by atoms with Gasteiger partial charge in [0.25, 0.3) is 5.91 Å². The van der Waals surface area contributed by atoms with Gasteiger partial charge in [-0.25, -0.2) is 4.68 Å². The Kier molecular flexibility index (Phi) is 5.02. The lowest BCUT2D eigenvalue weighted by molar-refractivity contribution is 0.0787. The fraction of sp³-hybridized carbons (Fsp3) is 0.550. The lowest BCUT2D eigenvalue weighted by atomic mass is 10.0.